The minimum Gasteiger partial charge on any atom is -0.460 e. The number of nitrogens with zero attached hydrogens (tertiary/aromatic N) is 4. The molecule has 8 heteroatoms. The van der Waals surface area contributed by atoms with E-state index in [-0.39, 0.29) is 0 Å². The predicted molar refractivity (Wildman–Crippen MR) is 109 cm³/mol. The van der Waals surface area contributed by atoms with Gasteiger partial charge in [0.2, 0.25) is 5.89 Å². The SMILES string of the molecule is Cc1cc2c(cc3c(SCc4nc(-c5ccc(Cl)cc5)oc4C)nncn32)o1. The molecule has 140 valence electrons. The van der Waals surface area contributed by atoms with Crippen LogP contribution in [0, 0.1) is 13.8 Å². The van der Waals surface area contributed by atoms with Crippen LogP contribution in [0.25, 0.3) is 28.1 Å². The number of rotatable bonds is 4. The lowest BCUT2D eigenvalue weighted by atomic mass is 10.2. The molecule has 4 aromatic heterocycles. The molecule has 0 fully saturated rings. The molecule has 0 bridgehead atoms. The van der Waals surface area contributed by atoms with Crippen LogP contribution in [0.4, 0.5) is 0 Å². The summed E-state index contributed by atoms with van der Waals surface area (Å²) in [5.41, 5.74) is 4.56. The van der Waals surface area contributed by atoms with Crippen LogP contribution < -0.4 is 0 Å². The summed E-state index contributed by atoms with van der Waals surface area (Å²) < 4.78 is 13.6. The van der Waals surface area contributed by atoms with Crippen LogP contribution in [0.1, 0.15) is 17.2 Å². The maximum absolute atomic E-state index is 5.95. The fourth-order valence-corrected chi connectivity index (χ4v) is 4.20. The Hall–Kier alpha value is -2.77. The predicted octanol–water partition coefficient (Wildman–Crippen LogP) is 5.69. The van der Waals surface area contributed by atoms with E-state index in [0.717, 1.165) is 44.4 Å². The monoisotopic (exact) mass is 410 g/mol. The van der Waals surface area contributed by atoms with Gasteiger partial charge in [-0.25, -0.2) is 4.98 Å². The summed E-state index contributed by atoms with van der Waals surface area (Å²) in [5, 5.41) is 9.94. The van der Waals surface area contributed by atoms with Crippen LogP contribution in [0.15, 0.2) is 56.6 Å². The summed E-state index contributed by atoms with van der Waals surface area (Å²) in [6.07, 6.45) is 1.71. The number of hydrogen-bond acceptors (Lipinski definition) is 6. The molecular weight excluding hydrogens is 396 g/mol. The molecule has 0 saturated carbocycles. The molecule has 1 aromatic carbocycles. The second-order valence-electron chi connectivity index (χ2n) is 6.46. The maximum atomic E-state index is 5.95. The van der Waals surface area contributed by atoms with E-state index in [2.05, 4.69) is 15.2 Å². The van der Waals surface area contributed by atoms with Crippen LogP contribution in [0.3, 0.4) is 0 Å². The number of halogens is 1. The first-order chi connectivity index (χ1) is 13.6. The minimum absolute atomic E-state index is 0.588. The molecule has 5 aromatic rings. The van der Waals surface area contributed by atoms with E-state index >= 15 is 0 Å². The smallest absolute Gasteiger partial charge is 0.226 e. The number of thioether (sulfide) groups is 1. The topological polar surface area (TPSA) is 69.4 Å². The van der Waals surface area contributed by atoms with Crippen molar-refractivity contribution in [2.24, 2.45) is 0 Å². The van der Waals surface area contributed by atoms with Crippen molar-refractivity contribution < 1.29 is 8.83 Å². The standard InChI is InChI=1S/C20H15ClN4O2S/c1-11-7-16-18(26-11)8-17-20(24-22-10-25(16)17)28-9-15-12(2)27-19(23-15)13-3-5-14(21)6-4-13/h3-8,10H,9H2,1-2H3. The van der Waals surface area contributed by atoms with Crippen molar-refractivity contribution >= 4 is 40.0 Å². The van der Waals surface area contributed by atoms with E-state index in [0.29, 0.717) is 16.7 Å². The lowest BCUT2D eigenvalue weighted by Gasteiger charge is -2.01. The van der Waals surface area contributed by atoms with Gasteiger partial charge in [0, 0.05) is 28.5 Å². The molecule has 0 aliphatic heterocycles. The molecule has 0 saturated heterocycles. The van der Waals surface area contributed by atoms with Crippen LogP contribution in [0.5, 0.6) is 0 Å². The summed E-state index contributed by atoms with van der Waals surface area (Å²) in [7, 11) is 0. The summed E-state index contributed by atoms with van der Waals surface area (Å²) in [6, 6.07) is 11.4. The zero-order valence-electron chi connectivity index (χ0n) is 15.1. The van der Waals surface area contributed by atoms with Crippen molar-refractivity contribution in [1.29, 1.82) is 0 Å². The second kappa shape index (κ2) is 6.68. The summed E-state index contributed by atoms with van der Waals surface area (Å²) >= 11 is 7.53. The first-order valence-electron chi connectivity index (χ1n) is 8.66. The first-order valence-corrected chi connectivity index (χ1v) is 10.0. The Morgan fingerprint density at radius 2 is 1.89 bits per heavy atom. The number of furan rings is 1. The van der Waals surface area contributed by atoms with Crippen molar-refractivity contribution in [2.45, 2.75) is 24.6 Å². The zero-order chi connectivity index (χ0) is 19.3. The Morgan fingerprint density at radius 3 is 2.71 bits per heavy atom. The molecule has 0 unspecified atom stereocenters. The number of aryl methyl sites for hydroxylation is 2. The Labute approximate surface area is 169 Å². The third-order valence-corrected chi connectivity index (χ3v) is 5.75. The molecule has 0 aliphatic carbocycles. The molecule has 0 amide bonds. The van der Waals surface area contributed by atoms with Gasteiger partial charge in [0.05, 0.1) is 16.7 Å². The van der Waals surface area contributed by atoms with Gasteiger partial charge in [0.15, 0.2) is 5.58 Å². The molecule has 0 radical (unpaired) electrons. The molecule has 0 spiro atoms. The van der Waals surface area contributed by atoms with Crippen LogP contribution in [0.2, 0.25) is 5.02 Å². The molecule has 4 heterocycles. The molecule has 5 rings (SSSR count). The number of oxazole rings is 1. The fourth-order valence-electron chi connectivity index (χ4n) is 3.12. The number of hydrogen-bond donors (Lipinski definition) is 0. The van der Waals surface area contributed by atoms with Gasteiger partial charge in [-0.3, -0.25) is 4.40 Å². The summed E-state index contributed by atoms with van der Waals surface area (Å²) in [4.78, 5) is 4.65. The average Bonchev–Trinajstić information content (AvgIpc) is 3.33. The van der Waals surface area contributed by atoms with Crippen LogP contribution in [-0.4, -0.2) is 19.6 Å². The average molecular weight is 411 g/mol. The maximum Gasteiger partial charge on any atom is 0.226 e. The van der Waals surface area contributed by atoms with Crippen molar-refractivity contribution in [3.8, 4) is 11.5 Å². The van der Waals surface area contributed by atoms with Gasteiger partial charge in [-0.15, -0.1) is 10.2 Å². The van der Waals surface area contributed by atoms with E-state index < -0.39 is 0 Å². The van der Waals surface area contributed by atoms with Crippen molar-refractivity contribution in [1.82, 2.24) is 19.6 Å². The highest BCUT2D eigenvalue weighted by atomic mass is 35.5. The lowest BCUT2D eigenvalue weighted by molar-refractivity contribution is 0.540. The third kappa shape index (κ3) is 2.96. The Balaban J connectivity index is 1.43. The number of benzene rings is 1. The quantitative estimate of drug-likeness (QED) is 0.354. The van der Waals surface area contributed by atoms with Crippen molar-refractivity contribution in [2.75, 3.05) is 0 Å². The molecule has 0 N–H and O–H groups in total. The highest BCUT2D eigenvalue weighted by Crippen LogP contribution is 2.32. The zero-order valence-corrected chi connectivity index (χ0v) is 16.7. The van der Waals surface area contributed by atoms with Gasteiger partial charge >= 0.3 is 0 Å². The highest BCUT2D eigenvalue weighted by Gasteiger charge is 2.15. The van der Waals surface area contributed by atoms with Crippen LogP contribution in [-0.2, 0) is 5.75 Å². The van der Waals surface area contributed by atoms with E-state index in [9.17, 15) is 0 Å². The van der Waals surface area contributed by atoms with Crippen LogP contribution >= 0.6 is 23.4 Å². The van der Waals surface area contributed by atoms with Gasteiger partial charge in [0.1, 0.15) is 22.9 Å². The second-order valence-corrected chi connectivity index (χ2v) is 7.86. The summed E-state index contributed by atoms with van der Waals surface area (Å²) in [5.74, 6) is 2.88. The number of aromatic nitrogens is 4. The molecule has 0 aliphatic rings. The van der Waals surface area contributed by atoms with Gasteiger partial charge < -0.3 is 8.83 Å². The Morgan fingerprint density at radius 1 is 1.07 bits per heavy atom. The van der Waals surface area contributed by atoms with E-state index in [1.165, 1.54) is 0 Å². The number of fused-ring (bicyclic) bond motifs is 3. The fraction of sp³-hybridized carbons (Fsp3) is 0.150. The third-order valence-electron chi connectivity index (χ3n) is 4.51. The van der Waals surface area contributed by atoms with Gasteiger partial charge in [-0.05, 0) is 38.1 Å². The summed E-state index contributed by atoms with van der Waals surface area (Å²) in [6.45, 7) is 3.85. The van der Waals surface area contributed by atoms with Crippen molar-refractivity contribution in [3.05, 3.63) is 65.0 Å². The van der Waals surface area contributed by atoms with E-state index in [1.54, 1.807) is 18.1 Å². The Bertz CT molecular complexity index is 1300. The minimum atomic E-state index is 0.588. The largest absolute Gasteiger partial charge is 0.460 e. The first kappa shape index (κ1) is 17.3. The van der Waals surface area contributed by atoms with Gasteiger partial charge in [-0.1, -0.05) is 23.4 Å². The van der Waals surface area contributed by atoms with E-state index in [4.69, 9.17) is 20.4 Å². The molecular formula is C20H15ClN4O2S. The molecule has 6 nitrogen and oxygen atoms in total. The lowest BCUT2D eigenvalue weighted by Crippen LogP contribution is -1.94. The molecule has 28 heavy (non-hydrogen) atoms. The Kier molecular flexibility index (Phi) is 4.14. The normalized spacial score (nSPS) is 11.7. The van der Waals surface area contributed by atoms with Gasteiger partial charge in [-0.2, -0.15) is 0 Å². The highest BCUT2D eigenvalue weighted by molar-refractivity contribution is 7.98. The van der Waals surface area contributed by atoms with Crippen molar-refractivity contribution in [3.63, 3.8) is 0 Å². The van der Waals surface area contributed by atoms with E-state index in [1.807, 2.05) is 54.6 Å². The van der Waals surface area contributed by atoms with Gasteiger partial charge in [0.25, 0.3) is 0 Å². The molecule has 0 atom stereocenters.